The normalized spacial score (nSPS) is 27.2. The highest BCUT2D eigenvalue weighted by Gasteiger charge is 2.36. The van der Waals surface area contributed by atoms with Gasteiger partial charge in [0.05, 0.1) is 0 Å². The maximum Gasteiger partial charge on any atom is 0.317 e. The zero-order valence-corrected chi connectivity index (χ0v) is 11.2. The fourth-order valence-electron chi connectivity index (χ4n) is 3.47. The van der Waals surface area contributed by atoms with Gasteiger partial charge < -0.3 is 10.2 Å². The summed E-state index contributed by atoms with van der Waals surface area (Å²) in [7, 11) is 0. The van der Waals surface area contributed by atoms with Crippen LogP contribution in [0.25, 0.3) is 0 Å². The zero-order valence-electron chi connectivity index (χ0n) is 11.2. The number of nitrogens with one attached hydrogen (secondary N) is 1. The Morgan fingerprint density at radius 2 is 1.61 bits per heavy atom. The van der Waals surface area contributed by atoms with Crippen LogP contribution in [0.15, 0.2) is 0 Å². The Balaban J connectivity index is 1.39. The molecule has 0 aromatic rings. The largest absolute Gasteiger partial charge is 0.335 e. The summed E-state index contributed by atoms with van der Waals surface area (Å²) in [6.45, 7) is 4.36. The molecule has 2 saturated heterocycles. The predicted molar refractivity (Wildman–Crippen MR) is 71.6 cm³/mol. The lowest BCUT2D eigenvalue weighted by molar-refractivity contribution is 0.0697. The van der Waals surface area contributed by atoms with Crippen molar-refractivity contribution in [1.82, 2.24) is 15.1 Å². The van der Waals surface area contributed by atoms with Crippen LogP contribution < -0.4 is 5.32 Å². The lowest BCUT2D eigenvalue weighted by Crippen LogP contribution is -2.63. The molecular weight excluding hydrogens is 226 g/mol. The molecule has 2 heterocycles. The van der Waals surface area contributed by atoms with Crippen LogP contribution in [0.4, 0.5) is 4.79 Å². The lowest BCUT2D eigenvalue weighted by atomic mass is 9.95. The smallest absolute Gasteiger partial charge is 0.317 e. The van der Waals surface area contributed by atoms with Crippen LogP contribution in [0.5, 0.6) is 0 Å². The summed E-state index contributed by atoms with van der Waals surface area (Å²) in [4.78, 5) is 16.6. The van der Waals surface area contributed by atoms with Gasteiger partial charge in [-0.05, 0) is 38.8 Å². The quantitative estimate of drug-likeness (QED) is 0.812. The van der Waals surface area contributed by atoms with Crippen molar-refractivity contribution >= 4 is 6.03 Å². The standard InChI is InChI=1S/C14H25N3O/c18-14(15-12-6-2-1-3-7-12)17-10-13(11-17)16-8-4-5-9-16/h12-13H,1-11H2,(H,15,18). The summed E-state index contributed by atoms with van der Waals surface area (Å²) in [6.07, 6.45) is 8.93. The summed E-state index contributed by atoms with van der Waals surface area (Å²) >= 11 is 0. The van der Waals surface area contributed by atoms with E-state index in [1.807, 2.05) is 4.90 Å². The van der Waals surface area contributed by atoms with Gasteiger partial charge in [0.25, 0.3) is 0 Å². The van der Waals surface area contributed by atoms with Gasteiger partial charge in [0.15, 0.2) is 0 Å². The van der Waals surface area contributed by atoms with Gasteiger partial charge in [-0.3, -0.25) is 4.90 Å². The monoisotopic (exact) mass is 251 g/mol. The SMILES string of the molecule is O=C(NC1CCCCC1)N1CC(N2CCCC2)C1. The van der Waals surface area contributed by atoms with Crippen molar-refractivity contribution in [3.63, 3.8) is 0 Å². The van der Waals surface area contributed by atoms with Crippen molar-refractivity contribution in [2.45, 2.75) is 57.0 Å². The third-order valence-electron chi connectivity index (χ3n) is 4.74. The Bertz CT molecular complexity index is 289. The molecule has 1 N–H and O–H groups in total. The van der Waals surface area contributed by atoms with E-state index < -0.39 is 0 Å². The molecule has 0 atom stereocenters. The number of rotatable bonds is 2. The molecule has 0 radical (unpaired) electrons. The first-order valence-electron chi connectivity index (χ1n) is 7.62. The van der Waals surface area contributed by atoms with Gasteiger partial charge >= 0.3 is 6.03 Å². The third-order valence-corrected chi connectivity index (χ3v) is 4.74. The number of hydrogen-bond donors (Lipinski definition) is 1. The van der Waals surface area contributed by atoms with Gasteiger partial charge in [0.1, 0.15) is 0 Å². The fourth-order valence-corrected chi connectivity index (χ4v) is 3.47. The second-order valence-electron chi connectivity index (χ2n) is 6.09. The number of likely N-dealkylation sites (tertiary alicyclic amines) is 2. The number of carbonyl (C=O) groups is 1. The lowest BCUT2D eigenvalue weighted by Gasteiger charge is -2.44. The summed E-state index contributed by atoms with van der Waals surface area (Å²) in [5, 5.41) is 3.20. The van der Waals surface area contributed by atoms with E-state index in [1.54, 1.807) is 0 Å². The molecular formula is C14H25N3O. The first-order chi connectivity index (χ1) is 8.83. The molecule has 0 bridgehead atoms. The van der Waals surface area contributed by atoms with E-state index in [1.165, 1.54) is 58.0 Å². The molecule has 2 aliphatic heterocycles. The molecule has 0 aromatic heterocycles. The van der Waals surface area contributed by atoms with Crippen LogP contribution in [-0.4, -0.2) is 54.1 Å². The number of hydrogen-bond acceptors (Lipinski definition) is 2. The van der Waals surface area contributed by atoms with Gasteiger partial charge in [0, 0.05) is 25.2 Å². The van der Waals surface area contributed by atoms with E-state index in [0.717, 1.165) is 13.1 Å². The van der Waals surface area contributed by atoms with Crippen molar-refractivity contribution < 1.29 is 4.79 Å². The van der Waals surface area contributed by atoms with Crippen molar-refractivity contribution in [3.05, 3.63) is 0 Å². The van der Waals surface area contributed by atoms with Crippen LogP contribution in [-0.2, 0) is 0 Å². The van der Waals surface area contributed by atoms with E-state index >= 15 is 0 Å². The van der Waals surface area contributed by atoms with Crippen LogP contribution >= 0.6 is 0 Å². The third kappa shape index (κ3) is 2.63. The fraction of sp³-hybridized carbons (Fsp3) is 0.929. The van der Waals surface area contributed by atoms with Crippen LogP contribution in [0, 0.1) is 0 Å². The van der Waals surface area contributed by atoms with Gasteiger partial charge in [-0.15, -0.1) is 0 Å². The first kappa shape index (κ1) is 12.3. The van der Waals surface area contributed by atoms with Crippen molar-refractivity contribution in [3.8, 4) is 0 Å². The summed E-state index contributed by atoms with van der Waals surface area (Å²) < 4.78 is 0. The van der Waals surface area contributed by atoms with Crippen LogP contribution in [0.2, 0.25) is 0 Å². The second kappa shape index (κ2) is 5.47. The Labute approximate surface area is 110 Å². The molecule has 3 rings (SSSR count). The summed E-state index contributed by atoms with van der Waals surface area (Å²) in [5.74, 6) is 0. The Hall–Kier alpha value is -0.770. The molecule has 2 amide bonds. The highest BCUT2D eigenvalue weighted by atomic mass is 16.2. The molecule has 3 aliphatic rings. The van der Waals surface area contributed by atoms with Crippen LogP contribution in [0.3, 0.4) is 0 Å². The van der Waals surface area contributed by atoms with E-state index in [4.69, 9.17) is 0 Å². The molecule has 1 saturated carbocycles. The van der Waals surface area contributed by atoms with Gasteiger partial charge in [0.2, 0.25) is 0 Å². The highest BCUT2D eigenvalue weighted by Crippen LogP contribution is 2.21. The summed E-state index contributed by atoms with van der Waals surface area (Å²) in [6, 6.07) is 1.26. The van der Waals surface area contributed by atoms with Gasteiger partial charge in [-0.2, -0.15) is 0 Å². The first-order valence-corrected chi connectivity index (χ1v) is 7.62. The van der Waals surface area contributed by atoms with Crippen LogP contribution in [0.1, 0.15) is 44.9 Å². The minimum absolute atomic E-state index is 0.178. The van der Waals surface area contributed by atoms with Gasteiger partial charge in [-0.1, -0.05) is 19.3 Å². The topological polar surface area (TPSA) is 35.6 Å². The van der Waals surface area contributed by atoms with Gasteiger partial charge in [-0.25, -0.2) is 4.79 Å². The zero-order chi connectivity index (χ0) is 12.4. The van der Waals surface area contributed by atoms with E-state index in [9.17, 15) is 4.79 Å². The van der Waals surface area contributed by atoms with E-state index in [2.05, 4.69) is 10.2 Å². The molecule has 4 heteroatoms. The molecule has 18 heavy (non-hydrogen) atoms. The minimum Gasteiger partial charge on any atom is -0.335 e. The Morgan fingerprint density at radius 3 is 2.28 bits per heavy atom. The number of nitrogens with zero attached hydrogens (tertiary/aromatic N) is 2. The maximum atomic E-state index is 12.1. The average molecular weight is 251 g/mol. The molecule has 3 fully saturated rings. The number of carbonyl (C=O) groups excluding carboxylic acids is 1. The average Bonchev–Trinajstić information content (AvgIpc) is 2.82. The molecule has 0 spiro atoms. The minimum atomic E-state index is 0.178. The maximum absolute atomic E-state index is 12.1. The second-order valence-corrected chi connectivity index (χ2v) is 6.09. The van der Waals surface area contributed by atoms with Crippen molar-refractivity contribution in [1.29, 1.82) is 0 Å². The molecule has 0 unspecified atom stereocenters. The molecule has 0 aromatic carbocycles. The van der Waals surface area contributed by atoms with E-state index in [-0.39, 0.29) is 6.03 Å². The number of urea groups is 1. The molecule has 4 nitrogen and oxygen atoms in total. The number of amides is 2. The van der Waals surface area contributed by atoms with E-state index in [0.29, 0.717) is 12.1 Å². The van der Waals surface area contributed by atoms with Crippen molar-refractivity contribution in [2.75, 3.05) is 26.2 Å². The summed E-state index contributed by atoms with van der Waals surface area (Å²) in [5.41, 5.74) is 0. The highest BCUT2D eigenvalue weighted by molar-refractivity contribution is 5.75. The predicted octanol–water partition coefficient (Wildman–Crippen LogP) is 1.81. The van der Waals surface area contributed by atoms with Crippen molar-refractivity contribution in [2.24, 2.45) is 0 Å². The molecule has 102 valence electrons. The Kier molecular flexibility index (Phi) is 3.73. The molecule has 1 aliphatic carbocycles. The Morgan fingerprint density at radius 1 is 0.944 bits per heavy atom.